The highest BCUT2D eigenvalue weighted by Gasteiger charge is 2.33. The van der Waals surface area contributed by atoms with Crippen LogP contribution < -0.4 is 4.74 Å². The molecule has 0 saturated heterocycles. The first-order valence-corrected chi connectivity index (χ1v) is 6.21. The van der Waals surface area contributed by atoms with Crippen LogP contribution in [0.3, 0.4) is 0 Å². The van der Waals surface area contributed by atoms with E-state index in [9.17, 15) is 14.7 Å². The van der Waals surface area contributed by atoms with E-state index in [4.69, 9.17) is 4.74 Å². The highest BCUT2D eigenvalue weighted by molar-refractivity contribution is 6.10. The van der Waals surface area contributed by atoms with Crippen molar-refractivity contribution in [3.05, 3.63) is 28.8 Å². The Labute approximate surface area is 113 Å². The van der Waals surface area contributed by atoms with Crippen LogP contribution in [0.1, 0.15) is 35.3 Å². The Kier molecular flexibility index (Phi) is 4.70. The molecular weight excluding hydrogens is 244 g/mol. The number of rotatable bonds is 5. The first-order chi connectivity index (χ1) is 8.79. The Morgan fingerprint density at radius 1 is 1.21 bits per heavy atom. The van der Waals surface area contributed by atoms with Gasteiger partial charge in [-0.3, -0.25) is 9.59 Å². The van der Waals surface area contributed by atoms with Crippen LogP contribution in [0.5, 0.6) is 5.75 Å². The highest BCUT2D eigenvalue weighted by Crippen LogP contribution is 2.29. The van der Waals surface area contributed by atoms with Crippen molar-refractivity contribution >= 4 is 11.8 Å². The van der Waals surface area contributed by atoms with E-state index in [1.54, 1.807) is 26.8 Å². The molecule has 0 bridgehead atoms. The first-order valence-electron chi connectivity index (χ1n) is 6.21. The number of carboxylic acids is 1. The molecule has 0 aliphatic heterocycles. The molecule has 1 aromatic carbocycles. The van der Waals surface area contributed by atoms with Crippen LogP contribution in [0.4, 0.5) is 0 Å². The molecule has 0 heterocycles. The maximum Gasteiger partial charge on any atom is 0.314 e. The van der Waals surface area contributed by atoms with Crippen LogP contribution in [0.2, 0.25) is 0 Å². The van der Waals surface area contributed by atoms with Gasteiger partial charge in [-0.2, -0.15) is 0 Å². The summed E-state index contributed by atoms with van der Waals surface area (Å²) < 4.78 is 5.22. The number of aliphatic carboxylic acids is 1. The molecule has 0 spiro atoms. The van der Waals surface area contributed by atoms with Gasteiger partial charge in [-0.15, -0.1) is 0 Å². The third-order valence-electron chi connectivity index (χ3n) is 3.13. The average molecular weight is 264 g/mol. The van der Waals surface area contributed by atoms with Crippen LogP contribution in [-0.2, 0) is 4.79 Å². The van der Waals surface area contributed by atoms with Gasteiger partial charge in [-0.05, 0) is 37.0 Å². The molecule has 0 aromatic heterocycles. The minimum Gasteiger partial charge on any atom is -0.496 e. The molecule has 1 unspecified atom stereocenters. The number of benzene rings is 1. The third-order valence-corrected chi connectivity index (χ3v) is 3.13. The fraction of sp³-hybridized carbons (Fsp3) is 0.467. The Hall–Kier alpha value is -1.84. The number of ether oxygens (including phenoxy) is 1. The summed E-state index contributed by atoms with van der Waals surface area (Å²) in [5.41, 5.74) is 2.09. The lowest BCUT2D eigenvalue weighted by Crippen LogP contribution is -2.29. The largest absolute Gasteiger partial charge is 0.496 e. The van der Waals surface area contributed by atoms with Gasteiger partial charge >= 0.3 is 5.97 Å². The minimum absolute atomic E-state index is 0.268. The SMILES string of the molecule is COc1cc(C)cc(C)c1C(=O)C(C(=O)O)C(C)C. The second-order valence-corrected chi connectivity index (χ2v) is 5.08. The van der Waals surface area contributed by atoms with Crippen molar-refractivity contribution in [2.24, 2.45) is 11.8 Å². The molecule has 0 amide bonds. The van der Waals surface area contributed by atoms with Crippen molar-refractivity contribution in [2.45, 2.75) is 27.7 Å². The summed E-state index contributed by atoms with van der Waals surface area (Å²) in [5.74, 6) is -2.36. The second kappa shape index (κ2) is 5.87. The zero-order chi connectivity index (χ0) is 14.7. The van der Waals surface area contributed by atoms with E-state index in [0.717, 1.165) is 11.1 Å². The van der Waals surface area contributed by atoms with Gasteiger partial charge in [0, 0.05) is 0 Å². The van der Waals surface area contributed by atoms with Gasteiger partial charge in [0.25, 0.3) is 0 Å². The van der Waals surface area contributed by atoms with Crippen molar-refractivity contribution in [1.82, 2.24) is 0 Å². The number of hydrogen-bond acceptors (Lipinski definition) is 3. The number of hydrogen-bond donors (Lipinski definition) is 1. The van der Waals surface area contributed by atoms with E-state index in [1.165, 1.54) is 7.11 Å². The van der Waals surface area contributed by atoms with Gasteiger partial charge in [-0.1, -0.05) is 19.9 Å². The number of carboxylic acid groups (broad SMARTS) is 1. The molecule has 0 radical (unpaired) electrons. The van der Waals surface area contributed by atoms with Gasteiger partial charge in [0.05, 0.1) is 12.7 Å². The zero-order valence-electron chi connectivity index (χ0n) is 12.0. The first kappa shape index (κ1) is 15.2. The van der Waals surface area contributed by atoms with Crippen molar-refractivity contribution in [2.75, 3.05) is 7.11 Å². The molecule has 19 heavy (non-hydrogen) atoms. The molecule has 0 saturated carbocycles. The van der Waals surface area contributed by atoms with E-state index < -0.39 is 17.7 Å². The molecule has 4 heteroatoms. The lowest BCUT2D eigenvalue weighted by atomic mass is 9.85. The molecule has 4 nitrogen and oxygen atoms in total. The lowest BCUT2D eigenvalue weighted by molar-refractivity contribution is -0.141. The molecule has 1 N–H and O–H groups in total. The minimum atomic E-state index is -1.10. The lowest BCUT2D eigenvalue weighted by Gasteiger charge is -2.18. The Bertz CT molecular complexity index is 503. The maximum atomic E-state index is 12.5. The van der Waals surface area contributed by atoms with Crippen molar-refractivity contribution in [3.8, 4) is 5.75 Å². The van der Waals surface area contributed by atoms with E-state index >= 15 is 0 Å². The number of carbonyl (C=O) groups is 2. The summed E-state index contributed by atoms with van der Waals surface area (Å²) >= 11 is 0. The summed E-state index contributed by atoms with van der Waals surface area (Å²) in [6.45, 7) is 7.16. The average Bonchev–Trinajstić information content (AvgIpc) is 2.26. The van der Waals surface area contributed by atoms with E-state index in [1.807, 2.05) is 13.0 Å². The number of Topliss-reactive ketones (excluding diaryl/α,β-unsaturated/α-hetero) is 1. The summed E-state index contributed by atoms with van der Waals surface area (Å²) in [4.78, 5) is 23.8. The van der Waals surface area contributed by atoms with Crippen molar-refractivity contribution in [1.29, 1.82) is 0 Å². The maximum absolute atomic E-state index is 12.5. The van der Waals surface area contributed by atoms with Gasteiger partial charge in [0.1, 0.15) is 11.7 Å². The Balaban J connectivity index is 3.36. The smallest absolute Gasteiger partial charge is 0.314 e. The highest BCUT2D eigenvalue weighted by atomic mass is 16.5. The van der Waals surface area contributed by atoms with E-state index in [0.29, 0.717) is 11.3 Å². The molecule has 104 valence electrons. The van der Waals surface area contributed by atoms with Crippen LogP contribution in [0, 0.1) is 25.7 Å². The normalized spacial score (nSPS) is 12.3. The molecule has 0 aliphatic carbocycles. The monoisotopic (exact) mass is 264 g/mol. The number of aryl methyl sites for hydroxylation is 2. The third kappa shape index (κ3) is 3.13. The number of methoxy groups -OCH3 is 1. The van der Waals surface area contributed by atoms with Gasteiger partial charge in [-0.25, -0.2) is 0 Å². The van der Waals surface area contributed by atoms with Crippen molar-refractivity contribution in [3.63, 3.8) is 0 Å². The summed E-state index contributed by atoms with van der Waals surface area (Å²) in [7, 11) is 1.48. The molecule has 1 rings (SSSR count). The fourth-order valence-electron chi connectivity index (χ4n) is 2.26. The predicted molar refractivity (Wildman–Crippen MR) is 72.8 cm³/mol. The summed E-state index contributed by atoms with van der Waals surface area (Å²) in [6, 6.07) is 3.61. The van der Waals surface area contributed by atoms with Gasteiger partial charge < -0.3 is 9.84 Å². The molecule has 1 atom stereocenters. The van der Waals surface area contributed by atoms with Crippen LogP contribution in [0.25, 0.3) is 0 Å². The summed E-state index contributed by atoms with van der Waals surface area (Å²) in [5, 5.41) is 9.22. The zero-order valence-corrected chi connectivity index (χ0v) is 12.0. The summed E-state index contributed by atoms with van der Waals surface area (Å²) in [6.07, 6.45) is 0. The van der Waals surface area contributed by atoms with E-state index in [-0.39, 0.29) is 5.92 Å². The Morgan fingerprint density at radius 2 is 1.79 bits per heavy atom. The molecule has 0 aliphatic rings. The Morgan fingerprint density at radius 3 is 2.21 bits per heavy atom. The van der Waals surface area contributed by atoms with E-state index in [2.05, 4.69) is 0 Å². The molecule has 1 aromatic rings. The van der Waals surface area contributed by atoms with Gasteiger partial charge in [0.15, 0.2) is 5.78 Å². The standard InChI is InChI=1S/C15H20O4/c1-8(2)12(15(17)18)14(16)13-10(4)6-9(3)7-11(13)19-5/h6-8,12H,1-5H3,(H,17,18). The fourth-order valence-corrected chi connectivity index (χ4v) is 2.26. The number of ketones is 1. The van der Waals surface area contributed by atoms with Gasteiger partial charge in [0.2, 0.25) is 0 Å². The van der Waals surface area contributed by atoms with Crippen molar-refractivity contribution < 1.29 is 19.4 Å². The molecular formula is C15H20O4. The molecule has 0 fully saturated rings. The predicted octanol–water partition coefficient (Wildman–Crippen LogP) is 2.85. The second-order valence-electron chi connectivity index (χ2n) is 5.08. The van der Waals surface area contributed by atoms with Crippen LogP contribution in [-0.4, -0.2) is 24.0 Å². The topological polar surface area (TPSA) is 63.6 Å². The number of carbonyl (C=O) groups excluding carboxylic acids is 1. The van der Waals surface area contributed by atoms with Crippen LogP contribution in [0.15, 0.2) is 12.1 Å². The quantitative estimate of drug-likeness (QED) is 0.656. The van der Waals surface area contributed by atoms with Crippen LogP contribution >= 0.6 is 0 Å².